The molecule has 86 valence electrons. The van der Waals surface area contributed by atoms with Crippen molar-refractivity contribution in [3.8, 4) is 0 Å². The second-order valence-electron chi connectivity index (χ2n) is 4.22. The highest BCUT2D eigenvalue weighted by Crippen LogP contribution is 2.40. The molecule has 2 aliphatic rings. The van der Waals surface area contributed by atoms with Crippen molar-refractivity contribution < 1.29 is 12.6 Å². The molecule has 0 aromatic heterocycles. The number of hydrogen-bond donors (Lipinski definition) is 0. The van der Waals surface area contributed by atoms with Gasteiger partial charge in [-0.2, -0.15) is 12.7 Å². The van der Waals surface area contributed by atoms with Gasteiger partial charge in [0.15, 0.2) is 0 Å². The molecule has 4 nitrogen and oxygen atoms in total. The second-order valence-corrected chi connectivity index (χ2v) is 5.74. The van der Waals surface area contributed by atoms with Crippen LogP contribution in [-0.4, -0.2) is 31.4 Å². The van der Waals surface area contributed by atoms with Gasteiger partial charge in [0, 0.05) is 12.1 Å². The third-order valence-corrected chi connectivity index (χ3v) is 4.72. The first-order valence-corrected chi connectivity index (χ1v) is 6.77. The third-order valence-electron chi connectivity index (χ3n) is 3.20. The van der Waals surface area contributed by atoms with E-state index >= 15 is 0 Å². The number of fused-ring (bicyclic) bond motifs is 1. The Balaban J connectivity index is 1.76. The first kappa shape index (κ1) is 10.3. The minimum atomic E-state index is -3.42. The molecule has 0 N–H and O–H groups in total. The third kappa shape index (κ3) is 1.65. The van der Waals surface area contributed by atoms with Crippen molar-refractivity contribution in [3.63, 3.8) is 0 Å². The Morgan fingerprint density at radius 2 is 2.06 bits per heavy atom. The molecule has 3 rings (SSSR count). The minimum absolute atomic E-state index is 0.106. The molecule has 0 saturated carbocycles. The average Bonchev–Trinajstić information content (AvgIpc) is 2.94. The van der Waals surface area contributed by atoms with Gasteiger partial charge in [0.2, 0.25) is 0 Å². The molecular formula is C11H13NO3S. The predicted molar refractivity (Wildman–Crippen MR) is 59.0 cm³/mol. The second kappa shape index (κ2) is 3.55. The molecule has 16 heavy (non-hydrogen) atoms. The Bertz CT molecular complexity index is 485. The first-order valence-electron chi connectivity index (χ1n) is 5.40. The molecule has 0 spiro atoms. The lowest BCUT2D eigenvalue weighted by atomic mass is 10.1. The molecule has 3 atom stereocenters. The molecule has 2 heterocycles. The molecular weight excluding hydrogens is 226 g/mol. The highest BCUT2D eigenvalue weighted by molar-refractivity contribution is 7.84. The lowest BCUT2D eigenvalue weighted by molar-refractivity contribution is 0.265. The van der Waals surface area contributed by atoms with Gasteiger partial charge in [-0.05, 0) is 18.4 Å². The maximum absolute atomic E-state index is 11.5. The summed E-state index contributed by atoms with van der Waals surface area (Å²) in [5.74, 6) is 0. The minimum Gasteiger partial charge on any atom is -0.258 e. The molecule has 1 aromatic rings. The van der Waals surface area contributed by atoms with Crippen LogP contribution >= 0.6 is 0 Å². The molecule has 0 bridgehead atoms. The fourth-order valence-electron chi connectivity index (χ4n) is 2.38. The molecule has 0 aliphatic carbocycles. The van der Waals surface area contributed by atoms with E-state index in [2.05, 4.69) is 0 Å². The predicted octanol–water partition coefficient (Wildman–Crippen LogP) is 0.947. The largest absolute Gasteiger partial charge is 0.339 e. The van der Waals surface area contributed by atoms with Crippen LogP contribution in [0.4, 0.5) is 0 Å². The van der Waals surface area contributed by atoms with E-state index in [1.54, 1.807) is 0 Å². The van der Waals surface area contributed by atoms with Gasteiger partial charge in [-0.15, -0.1) is 0 Å². The molecule has 1 unspecified atom stereocenters. The summed E-state index contributed by atoms with van der Waals surface area (Å²) in [5.41, 5.74) is 1.18. The van der Waals surface area contributed by atoms with Crippen molar-refractivity contribution >= 4 is 10.3 Å². The van der Waals surface area contributed by atoms with Crippen LogP contribution in [0.1, 0.15) is 12.0 Å². The number of hydrogen-bond acceptors (Lipinski definition) is 3. The van der Waals surface area contributed by atoms with Gasteiger partial charge in [-0.3, -0.25) is 4.18 Å². The molecule has 2 saturated heterocycles. The van der Waals surface area contributed by atoms with Gasteiger partial charge in [0.25, 0.3) is 0 Å². The fourth-order valence-corrected chi connectivity index (χ4v) is 3.88. The van der Waals surface area contributed by atoms with Crippen molar-refractivity contribution in [2.45, 2.75) is 24.9 Å². The van der Waals surface area contributed by atoms with E-state index in [1.165, 1.54) is 9.87 Å². The monoisotopic (exact) mass is 239 g/mol. The van der Waals surface area contributed by atoms with Crippen LogP contribution in [-0.2, 0) is 20.9 Å². The van der Waals surface area contributed by atoms with Crippen LogP contribution in [0.3, 0.4) is 0 Å². The van der Waals surface area contributed by atoms with E-state index in [0.29, 0.717) is 6.61 Å². The topological polar surface area (TPSA) is 46.4 Å². The summed E-state index contributed by atoms with van der Waals surface area (Å²) in [6.07, 6.45) is 1.60. The van der Waals surface area contributed by atoms with Gasteiger partial charge in [-0.1, -0.05) is 30.3 Å². The van der Waals surface area contributed by atoms with Gasteiger partial charge in [0.05, 0.1) is 6.61 Å². The molecule has 0 amide bonds. The highest BCUT2D eigenvalue weighted by atomic mass is 32.2. The van der Waals surface area contributed by atoms with E-state index in [9.17, 15) is 8.42 Å². The molecule has 5 heteroatoms. The normalized spacial score (nSPS) is 35.4. The smallest absolute Gasteiger partial charge is 0.258 e. The van der Waals surface area contributed by atoms with Crippen LogP contribution in [0, 0.1) is 0 Å². The zero-order valence-corrected chi connectivity index (χ0v) is 9.56. The lowest BCUT2D eigenvalue weighted by Crippen LogP contribution is -2.24. The van der Waals surface area contributed by atoms with Crippen LogP contribution in [0.5, 0.6) is 0 Å². The van der Waals surface area contributed by atoms with Crippen molar-refractivity contribution in [3.05, 3.63) is 35.9 Å². The van der Waals surface area contributed by atoms with Crippen LogP contribution in [0.25, 0.3) is 0 Å². The summed E-state index contributed by atoms with van der Waals surface area (Å²) in [5, 5.41) is 0. The quantitative estimate of drug-likeness (QED) is 0.722. The van der Waals surface area contributed by atoms with E-state index in [4.69, 9.17) is 4.18 Å². The maximum atomic E-state index is 11.5. The van der Waals surface area contributed by atoms with Gasteiger partial charge in [-0.25, -0.2) is 0 Å². The summed E-state index contributed by atoms with van der Waals surface area (Å²) < 4.78 is 29.3. The van der Waals surface area contributed by atoms with Crippen LogP contribution in [0.15, 0.2) is 30.3 Å². The van der Waals surface area contributed by atoms with Gasteiger partial charge >= 0.3 is 10.3 Å². The lowest BCUT2D eigenvalue weighted by Gasteiger charge is -2.10. The van der Waals surface area contributed by atoms with Crippen LogP contribution in [0.2, 0.25) is 0 Å². The Kier molecular flexibility index (Phi) is 2.27. The molecule has 2 fully saturated rings. The number of benzene rings is 1. The van der Waals surface area contributed by atoms with Crippen molar-refractivity contribution in [1.29, 1.82) is 0 Å². The Morgan fingerprint density at radius 1 is 1.31 bits per heavy atom. The van der Waals surface area contributed by atoms with Crippen molar-refractivity contribution in [2.75, 3.05) is 6.61 Å². The van der Waals surface area contributed by atoms with Crippen LogP contribution < -0.4 is 0 Å². The highest BCUT2D eigenvalue weighted by Gasteiger charge is 2.57. The van der Waals surface area contributed by atoms with E-state index < -0.39 is 10.3 Å². The summed E-state index contributed by atoms with van der Waals surface area (Å²) in [7, 11) is -3.42. The Labute approximate surface area is 95.1 Å². The maximum Gasteiger partial charge on any atom is 0.339 e. The first-order chi connectivity index (χ1) is 7.68. The summed E-state index contributed by atoms with van der Waals surface area (Å²) >= 11 is 0. The molecule has 1 aromatic carbocycles. The van der Waals surface area contributed by atoms with Gasteiger partial charge < -0.3 is 0 Å². The van der Waals surface area contributed by atoms with Crippen molar-refractivity contribution in [1.82, 2.24) is 4.31 Å². The Morgan fingerprint density at radius 3 is 2.75 bits per heavy atom. The van der Waals surface area contributed by atoms with E-state index in [1.807, 2.05) is 30.3 Å². The Hall–Kier alpha value is -0.910. The SMILES string of the molecule is O=S1(=O)OCC[C@@H]2[C@@H](Cc3ccccc3)N21. The zero-order chi connectivity index (χ0) is 11.2. The standard InChI is InChI=1S/C11H13NO3S/c13-16(14)12-10(6-7-15-16)11(12)8-9-4-2-1-3-5-9/h1-5,10-11H,6-8H2/t10-,11-,12?/m1/s1. The van der Waals surface area contributed by atoms with E-state index in [0.717, 1.165) is 12.8 Å². The number of nitrogens with zero attached hydrogens (tertiary/aromatic N) is 1. The molecule has 2 aliphatic heterocycles. The summed E-state index contributed by atoms with van der Waals surface area (Å²) in [6.45, 7) is 0.328. The van der Waals surface area contributed by atoms with E-state index in [-0.39, 0.29) is 12.1 Å². The zero-order valence-electron chi connectivity index (χ0n) is 8.74. The number of rotatable bonds is 2. The van der Waals surface area contributed by atoms with Crippen molar-refractivity contribution in [2.24, 2.45) is 0 Å². The summed E-state index contributed by atoms with van der Waals surface area (Å²) in [6, 6.07) is 10.2. The average molecular weight is 239 g/mol. The van der Waals surface area contributed by atoms with Gasteiger partial charge in [0.1, 0.15) is 0 Å². The summed E-state index contributed by atoms with van der Waals surface area (Å²) in [4.78, 5) is 0. The fraction of sp³-hybridized carbons (Fsp3) is 0.455. The molecule has 0 radical (unpaired) electrons.